The molecule has 0 aliphatic carbocycles. The van der Waals surface area contributed by atoms with Crippen molar-refractivity contribution in [2.24, 2.45) is 0 Å². The molecule has 26 heavy (non-hydrogen) atoms. The number of aromatic nitrogens is 1. The average Bonchev–Trinajstić information content (AvgIpc) is 3.08. The van der Waals surface area contributed by atoms with E-state index in [1.165, 1.54) is 4.90 Å². The van der Waals surface area contributed by atoms with Crippen LogP contribution in [0.1, 0.15) is 11.5 Å². The van der Waals surface area contributed by atoms with E-state index in [9.17, 15) is 4.79 Å². The molecule has 0 saturated heterocycles. The van der Waals surface area contributed by atoms with E-state index >= 15 is 0 Å². The van der Waals surface area contributed by atoms with Crippen molar-refractivity contribution in [3.63, 3.8) is 0 Å². The highest BCUT2D eigenvalue weighted by Gasteiger charge is 2.19. The normalized spacial score (nSPS) is 14.0. The lowest BCUT2D eigenvalue weighted by Gasteiger charge is -2.19. The van der Waals surface area contributed by atoms with Gasteiger partial charge in [0.05, 0.1) is 5.52 Å². The summed E-state index contributed by atoms with van der Waals surface area (Å²) in [4.78, 5) is 19.1. The third-order valence-corrected chi connectivity index (χ3v) is 4.33. The van der Waals surface area contributed by atoms with Crippen LogP contribution in [0.4, 0.5) is 4.79 Å². The summed E-state index contributed by atoms with van der Waals surface area (Å²) in [6, 6.07) is 17.1. The highest BCUT2D eigenvalue weighted by atomic mass is 16.6. The van der Waals surface area contributed by atoms with Crippen molar-refractivity contribution in [3.8, 4) is 5.75 Å². The van der Waals surface area contributed by atoms with Crippen LogP contribution in [-0.2, 0) is 0 Å². The first-order valence-corrected chi connectivity index (χ1v) is 8.32. The molecule has 1 aliphatic heterocycles. The van der Waals surface area contributed by atoms with Gasteiger partial charge >= 0.3 is 6.09 Å². The zero-order valence-electron chi connectivity index (χ0n) is 14.3. The molecule has 1 amide bonds. The lowest BCUT2D eigenvalue weighted by atomic mass is 9.97. The number of hydrogen-bond donors (Lipinski definition) is 0. The van der Waals surface area contributed by atoms with E-state index in [0.717, 1.165) is 16.5 Å². The van der Waals surface area contributed by atoms with Gasteiger partial charge in [0.1, 0.15) is 12.9 Å². The molecule has 0 bridgehead atoms. The maximum atomic E-state index is 12.3. The Morgan fingerprint density at radius 3 is 2.38 bits per heavy atom. The van der Waals surface area contributed by atoms with E-state index in [2.05, 4.69) is 6.07 Å². The molecule has 5 heteroatoms. The molecule has 2 heterocycles. The van der Waals surface area contributed by atoms with Crippen molar-refractivity contribution in [1.29, 1.82) is 0 Å². The minimum absolute atomic E-state index is 0.0528. The molecule has 0 spiro atoms. The number of hydrogen-bond acceptors (Lipinski definition) is 3. The van der Waals surface area contributed by atoms with Gasteiger partial charge in [-0.2, -0.15) is 4.73 Å². The Morgan fingerprint density at radius 1 is 0.962 bits per heavy atom. The Morgan fingerprint density at radius 2 is 1.65 bits per heavy atom. The van der Waals surface area contributed by atoms with Gasteiger partial charge in [-0.05, 0) is 23.8 Å². The van der Waals surface area contributed by atoms with Gasteiger partial charge in [0.25, 0.3) is 0 Å². The van der Waals surface area contributed by atoms with Crippen LogP contribution >= 0.6 is 0 Å². The first-order valence-electron chi connectivity index (χ1n) is 8.32. The van der Waals surface area contributed by atoms with Crippen LogP contribution < -0.4 is 9.57 Å². The summed E-state index contributed by atoms with van der Waals surface area (Å²) in [5.74, 6) is 0.571. The minimum Gasteiger partial charge on any atom is -0.417 e. The summed E-state index contributed by atoms with van der Waals surface area (Å²) >= 11 is 0. The number of rotatable bonds is 3. The highest BCUT2D eigenvalue weighted by molar-refractivity contribution is 5.85. The molecule has 5 nitrogen and oxygen atoms in total. The number of para-hydroxylation sites is 2. The van der Waals surface area contributed by atoms with Crippen molar-refractivity contribution in [1.82, 2.24) is 9.63 Å². The molecular formula is C21H18N2O3. The van der Waals surface area contributed by atoms with Gasteiger partial charge in [0.15, 0.2) is 0 Å². The van der Waals surface area contributed by atoms with E-state index in [-0.39, 0.29) is 5.92 Å². The molecule has 0 unspecified atom stereocenters. The molecule has 130 valence electrons. The van der Waals surface area contributed by atoms with Gasteiger partial charge in [-0.25, -0.2) is 4.79 Å². The van der Waals surface area contributed by atoms with Crippen LogP contribution in [0.25, 0.3) is 10.9 Å². The molecule has 0 N–H and O–H groups in total. The molecule has 4 rings (SSSR count). The molecule has 0 atom stereocenters. The number of amides is 1. The standard InChI is InChI=1S/C21H18N2O3/c1-25-23-15-19(18-9-5-6-10-20(18)23)16-11-13-22(14-12-16)21(24)26-17-7-3-2-4-8-17/h2-16H,1H3. The number of nitrogens with zero attached hydrogens (tertiary/aromatic N) is 2. The van der Waals surface area contributed by atoms with Crippen molar-refractivity contribution < 1.29 is 14.4 Å². The Kier molecular flexibility index (Phi) is 4.19. The third-order valence-electron chi connectivity index (χ3n) is 4.33. The zero-order chi connectivity index (χ0) is 17.9. The molecule has 1 aliphatic rings. The average molecular weight is 346 g/mol. The summed E-state index contributed by atoms with van der Waals surface area (Å²) in [6.45, 7) is 0. The van der Waals surface area contributed by atoms with Gasteiger partial charge in [-0.15, -0.1) is 0 Å². The Bertz CT molecular complexity index is 975. The van der Waals surface area contributed by atoms with Crippen LogP contribution in [0.15, 0.2) is 85.3 Å². The fraction of sp³-hybridized carbons (Fsp3) is 0.0952. The Labute approximate surface area is 151 Å². The molecule has 0 fully saturated rings. The van der Waals surface area contributed by atoms with Crippen molar-refractivity contribution >= 4 is 17.0 Å². The topological polar surface area (TPSA) is 43.7 Å². The molecule has 0 saturated carbocycles. The summed E-state index contributed by atoms with van der Waals surface area (Å²) in [5.41, 5.74) is 2.13. The summed E-state index contributed by atoms with van der Waals surface area (Å²) < 4.78 is 7.10. The second kappa shape index (κ2) is 6.80. The van der Waals surface area contributed by atoms with E-state index < -0.39 is 6.09 Å². The third kappa shape index (κ3) is 2.95. The summed E-state index contributed by atoms with van der Waals surface area (Å²) in [5, 5.41) is 1.12. The van der Waals surface area contributed by atoms with Crippen molar-refractivity contribution in [2.75, 3.05) is 7.11 Å². The van der Waals surface area contributed by atoms with Crippen LogP contribution in [-0.4, -0.2) is 22.8 Å². The first kappa shape index (κ1) is 16.0. The quantitative estimate of drug-likeness (QED) is 0.709. The Balaban J connectivity index is 1.53. The molecule has 1 aromatic heterocycles. The monoisotopic (exact) mass is 346 g/mol. The fourth-order valence-corrected chi connectivity index (χ4v) is 3.05. The molecule has 3 aromatic rings. The van der Waals surface area contributed by atoms with Gasteiger partial charge in [0, 0.05) is 29.9 Å². The summed E-state index contributed by atoms with van der Waals surface area (Å²) in [6.07, 6.45) is 8.93. The number of carbonyl (C=O) groups is 1. The molecule has 0 radical (unpaired) electrons. The van der Waals surface area contributed by atoms with E-state index in [1.54, 1.807) is 36.4 Å². The highest BCUT2D eigenvalue weighted by Crippen LogP contribution is 2.31. The van der Waals surface area contributed by atoms with Crippen molar-refractivity contribution in [3.05, 3.63) is 90.9 Å². The van der Waals surface area contributed by atoms with Crippen LogP contribution in [0.2, 0.25) is 0 Å². The number of fused-ring (bicyclic) bond motifs is 1. The predicted octanol–water partition coefficient (Wildman–Crippen LogP) is 4.33. The van der Waals surface area contributed by atoms with Gasteiger partial charge in [0.2, 0.25) is 0 Å². The second-order valence-electron chi connectivity index (χ2n) is 5.91. The SMILES string of the molecule is COn1cc(C2C=CN(C(=O)Oc3ccccc3)C=C2)c2ccccc21. The number of allylic oxidation sites excluding steroid dienone is 2. The van der Waals surface area contributed by atoms with E-state index in [1.807, 2.05) is 54.7 Å². The van der Waals surface area contributed by atoms with E-state index in [0.29, 0.717) is 5.75 Å². The lowest BCUT2D eigenvalue weighted by molar-refractivity contribution is 0.178. The number of carbonyl (C=O) groups excluding carboxylic acids is 1. The number of ether oxygens (including phenoxy) is 1. The van der Waals surface area contributed by atoms with Crippen LogP contribution in [0.3, 0.4) is 0 Å². The smallest absolute Gasteiger partial charge is 0.417 e. The van der Waals surface area contributed by atoms with Gasteiger partial charge in [-0.1, -0.05) is 48.6 Å². The minimum atomic E-state index is -0.443. The first-order chi connectivity index (χ1) is 12.8. The maximum absolute atomic E-state index is 12.3. The largest absolute Gasteiger partial charge is 0.423 e. The predicted molar refractivity (Wildman–Crippen MR) is 99.8 cm³/mol. The second-order valence-corrected chi connectivity index (χ2v) is 5.91. The molecular weight excluding hydrogens is 328 g/mol. The fourth-order valence-electron chi connectivity index (χ4n) is 3.05. The zero-order valence-corrected chi connectivity index (χ0v) is 14.3. The maximum Gasteiger partial charge on any atom is 0.423 e. The van der Waals surface area contributed by atoms with E-state index in [4.69, 9.17) is 9.57 Å². The number of benzene rings is 2. The van der Waals surface area contributed by atoms with Gasteiger partial charge in [-0.3, -0.25) is 4.90 Å². The van der Waals surface area contributed by atoms with Crippen LogP contribution in [0.5, 0.6) is 5.75 Å². The summed E-state index contributed by atoms with van der Waals surface area (Å²) in [7, 11) is 1.64. The lowest BCUT2D eigenvalue weighted by Crippen LogP contribution is -2.25. The molecule has 2 aromatic carbocycles. The van der Waals surface area contributed by atoms with Crippen molar-refractivity contribution in [2.45, 2.75) is 5.92 Å². The Hall–Kier alpha value is -3.47. The van der Waals surface area contributed by atoms with Gasteiger partial charge < -0.3 is 9.57 Å². The van der Waals surface area contributed by atoms with Crippen LogP contribution in [0, 0.1) is 0 Å².